The summed E-state index contributed by atoms with van der Waals surface area (Å²) in [5, 5.41) is 2.43. The predicted octanol–water partition coefficient (Wildman–Crippen LogP) is 6.77. The Balaban J connectivity index is 1.74. The molecule has 12 heteroatoms. The Morgan fingerprint density at radius 3 is 2.24 bits per heavy atom. The van der Waals surface area contributed by atoms with Gasteiger partial charge in [-0.25, -0.2) is 8.42 Å². The average Bonchev–Trinajstić information content (AvgIpc) is 3.51. The van der Waals surface area contributed by atoms with E-state index in [1.807, 2.05) is 30.3 Å². The first kappa shape index (κ1) is 34.3. The molecule has 1 fully saturated rings. The van der Waals surface area contributed by atoms with Gasteiger partial charge < -0.3 is 10.2 Å². The molecule has 0 saturated heterocycles. The van der Waals surface area contributed by atoms with Crippen molar-refractivity contribution >= 4 is 39.1 Å². The molecule has 242 valence electrons. The molecule has 3 aromatic rings. The van der Waals surface area contributed by atoms with Crippen LogP contribution in [0.3, 0.4) is 0 Å². The fraction of sp³-hybridized carbons (Fsp3) is 0.394. The maximum absolute atomic E-state index is 14.2. The van der Waals surface area contributed by atoms with E-state index in [2.05, 4.69) is 5.32 Å². The van der Waals surface area contributed by atoms with E-state index < -0.39 is 45.3 Å². The van der Waals surface area contributed by atoms with Crippen LogP contribution in [0.1, 0.15) is 55.7 Å². The minimum Gasteiger partial charge on any atom is -0.352 e. The summed E-state index contributed by atoms with van der Waals surface area (Å²) in [5.41, 5.74) is 0.0558. The first-order chi connectivity index (χ1) is 21.3. The Morgan fingerprint density at radius 1 is 1.00 bits per heavy atom. The second-order valence-corrected chi connectivity index (χ2v) is 13.5. The number of sulfonamides is 1. The summed E-state index contributed by atoms with van der Waals surface area (Å²) in [6.45, 7) is 2.78. The molecular weight excluding hydrogens is 627 g/mol. The molecule has 0 unspecified atom stereocenters. The number of alkyl halides is 3. The molecule has 7 nitrogen and oxygen atoms in total. The molecule has 1 atom stereocenters. The van der Waals surface area contributed by atoms with Crippen LogP contribution in [0.4, 0.5) is 18.9 Å². The average molecular weight is 664 g/mol. The Morgan fingerprint density at radius 2 is 1.64 bits per heavy atom. The van der Waals surface area contributed by atoms with Gasteiger partial charge in [0.25, 0.3) is 10.0 Å². The molecule has 0 aromatic heterocycles. The number of halogens is 4. The standard InChI is InChI=1S/C33H37ClF3N3O4S/c1-3-30(32(42)38-25-11-7-8-12-25)39(20-19-24-9-5-4-6-10-24)31(41)22-40(45(43,44)27-16-13-23(2)14-17-27)26-15-18-29(34)28(21-26)33(35,36)37/h4-6,9-10,13-18,21,25,30H,3,7-8,11-12,19-20,22H2,1-2H3,(H,38,42)/t30-/m1/s1. The van der Waals surface area contributed by atoms with Gasteiger partial charge in [0.1, 0.15) is 12.6 Å². The van der Waals surface area contributed by atoms with Crippen LogP contribution in [0.25, 0.3) is 0 Å². The molecule has 0 heterocycles. The third-order valence-corrected chi connectivity index (χ3v) is 10.1. The number of rotatable bonds is 12. The van der Waals surface area contributed by atoms with Crippen molar-refractivity contribution in [1.82, 2.24) is 10.2 Å². The van der Waals surface area contributed by atoms with E-state index in [4.69, 9.17) is 11.6 Å². The Hall–Kier alpha value is -3.57. The van der Waals surface area contributed by atoms with E-state index in [1.54, 1.807) is 26.0 Å². The molecule has 0 aliphatic heterocycles. The van der Waals surface area contributed by atoms with Crippen molar-refractivity contribution in [2.24, 2.45) is 0 Å². The number of nitrogens with one attached hydrogen (secondary N) is 1. The highest BCUT2D eigenvalue weighted by atomic mass is 35.5. The van der Waals surface area contributed by atoms with E-state index in [0.29, 0.717) is 16.8 Å². The van der Waals surface area contributed by atoms with Gasteiger partial charge in [0.05, 0.1) is 21.2 Å². The Labute approximate surface area is 267 Å². The van der Waals surface area contributed by atoms with Crippen LogP contribution in [0.2, 0.25) is 5.02 Å². The number of carbonyl (C=O) groups excluding carboxylic acids is 2. The van der Waals surface area contributed by atoms with Gasteiger partial charge in [-0.2, -0.15) is 13.2 Å². The SMILES string of the molecule is CC[C@H](C(=O)NC1CCCC1)N(CCc1ccccc1)C(=O)CN(c1ccc(Cl)c(C(F)(F)F)c1)S(=O)(=O)c1ccc(C)cc1. The zero-order valence-electron chi connectivity index (χ0n) is 25.2. The van der Waals surface area contributed by atoms with Crippen molar-refractivity contribution < 1.29 is 31.2 Å². The summed E-state index contributed by atoms with van der Waals surface area (Å²) >= 11 is 5.85. The lowest BCUT2D eigenvalue weighted by atomic mass is 10.1. The molecule has 4 rings (SSSR count). The van der Waals surface area contributed by atoms with E-state index in [1.165, 1.54) is 17.0 Å². The zero-order valence-corrected chi connectivity index (χ0v) is 26.8. The molecule has 1 saturated carbocycles. The van der Waals surface area contributed by atoms with Crippen LogP contribution >= 0.6 is 11.6 Å². The monoisotopic (exact) mass is 663 g/mol. The van der Waals surface area contributed by atoms with E-state index >= 15 is 0 Å². The first-order valence-corrected chi connectivity index (χ1v) is 16.7. The lowest BCUT2D eigenvalue weighted by Gasteiger charge is -2.34. The van der Waals surface area contributed by atoms with Gasteiger partial charge in [0, 0.05) is 12.6 Å². The van der Waals surface area contributed by atoms with Crippen molar-refractivity contribution in [1.29, 1.82) is 0 Å². The van der Waals surface area contributed by atoms with Gasteiger partial charge in [0.15, 0.2) is 0 Å². The molecule has 1 aliphatic carbocycles. The molecule has 1 N–H and O–H groups in total. The van der Waals surface area contributed by atoms with E-state index in [-0.39, 0.29) is 35.5 Å². The third kappa shape index (κ3) is 8.58. The van der Waals surface area contributed by atoms with Crippen molar-refractivity contribution in [3.8, 4) is 0 Å². The minimum absolute atomic E-state index is 0.00843. The number of hydrogen-bond acceptors (Lipinski definition) is 4. The van der Waals surface area contributed by atoms with Crippen LogP contribution in [0.15, 0.2) is 77.7 Å². The minimum atomic E-state index is -4.87. The fourth-order valence-electron chi connectivity index (χ4n) is 5.52. The second kappa shape index (κ2) is 14.7. The molecule has 0 spiro atoms. The lowest BCUT2D eigenvalue weighted by molar-refractivity contribution is -0.139. The number of benzene rings is 3. The van der Waals surface area contributed by atoms with E-state index in [9.17, 15) is 31.2 Å². The summed E-state index contributed by atoms with van der Waals surface area (Å²) in [6.07, 6.45) is -0.589. The summed E-state index contributed by atoms with van der Waals surface area (Å²) in [5.74, 6) is -1.07. The number of aryl methyl sites for hydroxylation is 1. The van der Waals surface area contributed by atoms with Crippen LogP contribution in [-0.4, -0.2) is 50.3 Å². The summed E-state index contributed by atoms with van der Waals surface area (Å²) in [4.78, 5) is 28.8. The molecule has 2 amide bonds. The van der Waals surface area contributed by atoms with Gasteiger partial charge >= 0.3 is 6.18 Å². The maximum atomic E-state index is 14.2. The van der Waals surface area contributed by atoms with Crippen molar-refractivity contribution in [3.63, 3.8) is 0 Å². The number of amides is 2. The molecular formula is C33H37ClF3N3O4S. The Bertz CT molecular complexity index is 1580. The highest BCUT2D eigenvalue weighted by Gasteiger charge is 2.37. The highest BCUT2D eigenvalue weighted by Crippen LogP contribution is 2.38. The van der Waals surface area contributed by atoms with Gasteiger partial charge in [-0.15, -0.1) is 0 Å². The number of anilines is 1. The van der Waals surface area contributed by atoms with Gasteiger partial charge in [-0.3, -0.25) is 13.9 Å². The lowest BCUT2D eigenvalue weighted by Crippen LogP contribution is -2.54. The smallest absolute Gasteiger partial charge is 0.352 e. The second-order valence-electron chi connectivity index (χ2n) is 11.2. The van der Waals surface area contributed by atoms with Crippen molar-refractivity contribution in [2.75, 3.05) is 17.4 Å². The largest absolute Gasteiger partial charge is 0.417 e. The summed E-state index contributed by atoms with van der Waals surface area (Å²) in [6, 6.07) is 16.9. The quantitative estimate of drug-likeness (QED) is 0.232. The van der Waals surface area contributed by atoms with Crippen LogP contribution in [-0.2, 0) is 32.2 Å². The zero-order chi connectivity index (χ0) is 32.8. The topological polar surface area (TPSA) is 86.8 Å². The normalized spacial score (nSPS) is 14.6. The molecule has 45 heavy (non-hydrogen) atoms. The van der Waals surface area contributed by atoms with Crippen LogP contribution < -0.4 is 9.62 Å². The van der Waals surface area contributed by atoms with Crippen molar-refractivity contribution in [2.45, 2.75) is 75.5 Å². The fourth-order valence-corrected chi connectivity index (χ4v) is 7.15. The highest BCUT2D eigenvalue weighted by molar-refractivity contribution is 7.92. The van der Waals surface area contributed by atoms with Crippen molar-refractivity contribution in [3.05, 3.63) is 94.5 Å². The number of hydrogen-bond donors (Lipinski definition) is 1. The first-order valence-electron chi connectivity index (χ1n) is 14.9. The Kier molecular flexibility index (Phi) is 11.2. The maximum Gasteiger partial charge on any atom is 0.417 e. The summed E-state index contributed by atoms with van der Waals surface area (Å²) in [7, 11) is -4.54. The molecule has 3 aromatic carbocycles. The third-order valence-electron chi connectivity index (χ3n) is 8.00. The van der Waals surface area contributed by atoms with Gasteiger partial charge in [-0.05, 0) is 68.5 Å². The van der Waals surface area contributed by atoms with Crippen LogP contribution in [0, 0.1) is 6.92 Å². The predicted molar refractivity (Wildman–Crippen MR) is 169 cm³/mol. The van der Waals surface area contributed by atoms with Gasteiger partial charge in [0.2, 0.25) is 11.8 Å². The molecule has 0 bridgehead atoms. The van der Waals surface area contributed by atoms with Gasteiger partial charge in [-0.1, -0.05) is 79.4 Å². The van der Waals surface area contributed by atoms with Crippen LogP contribution in [0.5, 0.6) is 0 Å². The number of nitrogens with zero attached hydrogens (tertiary/aromatic N) is 2. The van der Waals surface area contributed by atoms with E-state index in [0.717, 1.165) is 48.9 Å². The number of carbonyl (C=O) groups is 2. The molecule has 0 radical (unpaired) electrons. The summed E-state index contributed by atoms with van der Waals surface area (Å²) < 4.78 is 70.2. The molecule has 1 aliphatic rings.